The zero-order valence-electron chi connectivity index (χ0n) is 14.7. The number of nitrogens with zero attached hydrogens (tertiary/aromatic N) is 4. The van der Waals surface area contributed by atoms with Gasteiger partial charge < -0.3 is 0 Å². The molecule has 5 heteroatoms. The highest BCUT2D eigenvalue weighted by Crippen LogP contribution is 2.39. The Balaban J connectivity index is 1.87. The van der Waals surface area contributed by atoms with E-state index in [1.54, 1.807) is 0 Å². The van der Waals surface area contributed by atoms with E-state index in [2.05, 4.69) is 38.3 Å². The summed E-state index contributed by atoms with van der Waals surface area (Å²) in [4.78, 5) is 0. The summed E-state index contributed by atoms with van der Waals surface area (Å²) in [5.41, 5.74) is 5.38. The molecule has 4 nitrogen and oxygen atoms in total. The predicted octanol–water partition coefficient (Wildman–Crippen LogP) is 6.93. The first-order valence-electron chi connectivity index (χ1n) is 8.57. The van der Waals surface area contributed by atoms with Crippen LogP contribution in [0, 0.1) is 0 Å². The van der Waals surface area contributed by atoms with Crippen molar-refractivity contribution < 1.29 is 0 Å². The van der Waals surface area contributed by atoms with E-state index >= 15 is 0 Å². The standard InChI is InChI=1S/C22H17BrN4/c1-27-22(17-10-6-3-7-11-17)21(20(26-27)16-8-4-2-5-9-16)25-24-19-14-12-18(23)13-15-19/h2-15H,1H3. The van der Waals surface area contributed by atoms with Crippen molar-refractivity contribution in [3.63, 3.8) is 0 Å². The number of benzene rings is 3. The minimum Gasteiger partial charge on any atom is -0.265 e. The molecule has 0 bridgehead atoms. The molecule has 4 aromatic rings. The van der Waals surface area contributed by atoms with Crippen LogP contribution in [-0.4, -0.2) is 9.78 Å². The molecule has 0 N–H and O–H groups in total. The first-order chi connectivity index (χ1) is 13.2. The topological polar surface area (TPSA) is 42.5 Å². The summed E-state index contributed by atoms with van der Waals surface area (Å²) in [6, 6.07) is 28.0. The smallest absolute Gasteiger partial charge is 0.140 e. The van der Waals surface area contributed by atoms with Gasteiger partial charge in [0.25, 0.3) is 0 Å². The molecule has 4 rings (SSSR count). The van der Waals surface area contributed by atoms with Gasteiger partial charge in [-0.05, 0) is 24.3 Å². The van der Waals surface area contributed by atoms with E-state index in [0.29, 0.717) is 0 Å². The van der Waals surface area contributed by atoms with Crippen molar-refractivity contribution in [2.24, 2.45) is 17.3 Å². The molecule has 0 radical (unpaired) electrons. The average molecular weight is 417 g/mol. The second-order valence-corrected chi connectivity index (χ2v) is 6.99. The Bertz CT molecular complexity index is 1070. The fraction of sp³-hybridized carbons (Fsp3) is 0.0455. The maximum atomic E-state index is 4.74. The number of azo groups is 1. The Kier molecular flexibility index (Phi) is 4.94. The zero-order valence-corrected chi connectivity index (χ0v) is 16.3. The molecule has 1 heterocycles. The summed E-state index contributed by atoms with van der Waals surface area (Å²) in [5.74, 6) is 0. The van der Waals surface area contributed by atoms with Crippen LogP contribution in [0.5, 0.6) is 0 Å². The van der Waals surface area contributed by atoms with Crippen LogP contribution in [0.2, 0.25) is 0 Å². The van der Waals surface area contributed by atoms with Gasteiger partial charge in [0.2, 0.25) is 0 Å². The molecule has 0 aliphatic carbocycles. The summed E-state index contributed by atoms with van der Waals surface area (Å²) in [6.07, 6.45) is 0. The number of halogens is 1. The van der Waals surface area contributed by atoms with E-state index < -0.39 is 0 Å². The second kappa shape index (κ2) is 7.68. The quantitative estimate of drug-likeness (QED) is 0.332. The fourth-order valence-electron chi connectivity index (χ4n) is 2.93. The highest BCUT2D eigenvalue weighted by Gasteiger charge is 2.19. The Labute approximate surface area is 166 Å². The molecule has 0 saturated heterocycles. The van der Waals surface area contributed by atoms with Gasteiger partial charge >= 0.3 is 0 Å². The van der Waals surface area contributed by atoms with Crippen LogP contribution in [0.25, 0.3) is 22.5 Å². The molecule has 0 aliphatic heterocycles. The third kappa shape index (κ3) is 3.73. The molecule has 0 fully saturated rings. The number of hydrogen-bond donors (Lipinski definition) is 0. The van der Waals surface area contributed by atoms with Crippen molar-refractivity contribution in [2.75, 3.05) is 0 Å². The molecular formula is C22H17BrN4. The van der Waals surface area contributed by atoms with Gasteiger partial charge in [-0.25, -0.2) is 0 Å². The third-order valence-corrected chi connectivity index (χ3v) is 4.74. The molecule has 0 amide bonds. The van der Waals surface area contributed by atoms with Crippen molar-refractivity contribution in [3.05, 3.63) is 89.4 Å². The number of hydrogen-bond acceptors (Lipinski definition) is 3. The van der Waals surface area contributed by atoms with Gasteiger partial charge in [-0.15, -0.1) is 5.11 Å². The lowest BCUT2D eigenvalue weighted by Crippen LogP contribution is -1.93. The summed E-state index contributed by atoms with van der Waals surface area (Å²) in [7, 11) is 1.94. The second-order valence-electron chi connectivity index (χ2n) is 6.08. The van der Waals surface area contributed by atoms with Gasteiger partial charge in [0.15, 0.2) is 0 Å². The van der Waals surface area contributed by atoms with Crippen LogP contribution in [0.3, 0.4) is 0 Å². The van der Waals surface area contributed by atoms with E-state index in [-0.39, 0.29) is 0 Å². The van der Waals surface area contributed by atoms with E-state index in [9.17, 15) is 0 Å². The molecular weight excluding hydrogens is 400 g/mol. The Morgan fingerprint density at radius 1 is 0.741 bits per heavy atom. The van der Waals surface area contributed by atoms with Gasteiger partial charge in [-0.2, -0.15) is 10.2 Å². The number of rotatable bonds is 4. The highest BCUT2D eigenvalue weighted by molar-refractivity contribution is 9.10. The summed E-state index contributed by atoms with van der Waals surface area (Å²) >= 11 is 3.44. The molecule has 3 aromatic carbocycles. The van der Waals surface area contributed by atoms with E-state index in [4.69, 9.17) is 5.10 Å². The van der Waals surface area contributed by atoms with Gasteiger partial charge in [0, 0.05) is 22.6 Å². The summed E-state index contributed by atoms with van der Waals surface area (Å²) in [6.45, 7) is 0. The number of aromatic nitrogens is 2. The third-order valence-electron chi connectivity index (χ3n) is 4.21. The zero-order chi connectivity index (χ0) is 18.6. The van der Waals surface area contributed by atoms with Crippen molar-refractivity contribution in [3.8, 4) is 22.5 Å². The molecule has 0 unspecified atom stereocenters. The Hall–Kier alpha value is -3.05. The lowest BCUT2D eigenvalue weighted by atomic mass is 10.1. The molecule has 132 valence electrons. The average Bonchev–Trinajstić information content (AvgIpc) is 3.05. The molecule has 0 spiro atoms. The lowest BCUT2D eigenvalue weighted by Gasteiger charge is -2.03. The van der Waals surface area contributed by atoms with Crippen molar-refractivity contribution in [1.29, 1.82) is 0 Å². The minimum atomic E-state index is 0.762. The van der Waals surface area contributed by atoms with Crippen LogP contribution in [0.15, 0.2) is 99.6 Å². The fourth-order valence-corrected chi connectivity index (χ4v) is 3.20. The van der Waals surface area contributed by atoms with E-state index in [1.807, 2.05) is 84.5 Å². The molecule has 0 atom stereocenters. The van der Waals surface area contributed by atoms with Gasteiger partial charge in [-0.1, -0.05) is 76.6 Å². The van der Waals surface area contributed by atoms with Gasteiger partial charge in [0.1, 0.15) is 11.4 Å². The molecule has 1 aromatic heterocycles. The Morgan fingerprint density at radius 3 is 1.96 bits per heavy atom. The first kappa shape index (κ1) is 17.4. The van der Waals surface area contributed by atoms with Crippen LogP contribution in [0.4, 0.5) is 11.4 Å². The van der Waals surface area contributed by atoms with E-state index in [0.717, 1.165) is 38.4 Å². The molecule has 0 aliphatic rings. The highest BCUT2D eigenvalue weighted by atomic mass is 79.9. The largest absolute Gasteiger partial charge is 0.265 e. The monoisotopic (exact) mass is 416 g/mol. The number of aryl methyl sites for hydroxylation is 1. The minimum absolute atomic E-state index is 0.762. The molecule has 0 saturated carbocycles. The first-order valence-corrected chi connectivity index (χ1v) is 9.37. The Morgan fingerprint density at radius 2 is 1.33 bits per heavy atom. The normalized spacial score (nSPS) is 11.2. The van der Waals surface area contributed by atoms with Gasteiger partial charge in [-0.3, -0.25) is 4.68 Å². The van der Waals surface area contributed by atoms with Crippen molar-refractivity contribution in [2.45, 2.75) is 0 Å². The lowest BCUT2D eigenvalue weighted by molar-refractivity contribution is 0.779. The summed E-state index contributed by atoms with van der Waals surface area (Å²) < 4.78 is 2.88. The van der Waals surface area contributed by atoms with Crippen LogP contribution >= 0.6 is 15.9 Å². The van der Waals surface area contributed by atoms with Crippen molar-refractivity contribution >= 4 is 27.3 Å². The van der Waals surface area contributed by atoms with E-state index in [1.165, 1.54) is 0 Å². The van der Waals surface area contributed by atoms with Crippen LogP contribution in [-0.2, 0) is 7.05 Å². The summed E-state index contributed by atoms with van der Waals surface area (Å²) in [5, 5.41) is 13.8. The van der Waals surface area contributed by atoms with Gasteiger partial charge in [0.05, 0.1) is 11.4 Å². The van der Waals surface area contributed by atoms with Crippen molar-refractivity contribution in [1.82, 2.24) is 9.78 Å². The van der Waals surface area contributed by atoms with Crippen LogP contribution in [0.1, 0.15) is 0 Å². The van der Waals surface area contributed by atoms with Crippen LogP contribution < -0.4 is 0 Å². The SMILES string of the molecule is Cn1nc(-c2ccccc2)c(N=Nc2ccc(Br)cc2)c1-c1ccccc1. The predicted molar refractivity (Wildman–Crippen MR) is 112 cm³/mol. The maximum Gasteiger partial charge on any atom is 0.140 e. The maximum absolute atomic E-state index is 4.74. The molecule has 27 heavy (non-hydrogen) atoms.